The molecule has 0 unspecified atom stereocenters. The van der Waals surface area contributed by atoms with E-state index >= 15 is 0 Å². The molecule has 0 saturated heterocycles. The van der Waals surface area contributed by atoms with E-state index in [1.807, 2.05) is 0 Å². The van der Waals surface area contributed by atoms with Crippen molar-refractivity contribution in [1.29, 1.82) is 0 Å². The van der Waals surface area contributed by atoms with Crippen LogP contribution in [0.1, 0.15) is 72.2 Å². The Morgan fingerprint density at radius 3 is 1.39 bits per heavy atom. The maximum absolute atomic E-state index is 2.51. The molecule has 0 spiro atoms. The van der Waals surface area contributed by atoms with Crippen LogP contribution in [0.4, 0.5) is 17.1 Å². The quantitative estimate of drug-likeness (QED) is 0.162. The number of fused-ring (bicyclic) bond motifs is 12. The number of nitrogens with zero attached hydrogens (tertiary/aromatic N) is 2. The second-order valence-electron chi connectivity index (χ2n) is 20.4. The van der Waals surface area contributed by atoms with E-state index in [0.29, 0.717) is 0 Å². The van der Waals surface area contributed by atoms with Gasteiger partial charge in [0.15, 0.2) is 0 Å². The van der Waals surface area contributed by atoms with Gasteiger partial charge in [-0.1, -0.05) is 191 Å². The molecule has 0 saturated carbocycles. The summed E-state index contributed by atoms with van der Waals surface area (Å²) in [6.45, 7) is 9.49. The molecule has 0 aliphatic heterocycles. The van der Waals surface area contributed by atoms with Gasteiger partial charge in [-0.05, 0) is 145 Å². The Morgan fingerprint density at radius 1 is 0.304 bits per heavy atom. The van der Waals surface area contributed by atoms with Crippen molar-refractivity contribution in [2.75, 3.05) is 4.90 Å². The van der Waals surface area contributed by atoms with Gasteiger partial charge in [-0.15, -0.1) is 0 Å². The van der Waals surface area contributed by atoms with Crippen LogP contribution >= 0.6 is 0 Å². The van der Waals surface area contributed by atoms with E-state index in [-0.39, 0.29) is 10.8 Å². The normalized spacial score (nSPS) is 15.0. The molecule has 3 aliphatic carbocycles. The van der Waals surface area contributed by atoms with E-state index in [0.717, 1.165) is 22.7 Å². The molecular weight excluding hydrogens is 833 g/mol. The monoisotopic (exact) mass is 882 g/mol. The van der Waals surface area contributed by atoms with Gasteiger partial charge in [0.25, 0.3) is 0 Å². The minimum Gasteiger partial charge on any atom is -0.310 e. The van der Waals surface area contributed by atoms with Crippen molar-refractivity contribution in [2.45, 2.75) is 43.9 Å². The highest BCUT2D eigenvalue weighted by Gasteiger charge is 2.46. The van der Waals surface area contributed by atoms with Crippen LogP contribution < -0.4 is 4.90 Å². The van der Waals surface area contributed by atoms with Crippen molar-refractivity contribution in [3.8, 4) is 39.1 Å². The molecule has 0 N–H and O–H groups in total. The van der Waals surface area contributed by atoms with E-state index in [2.05, 4.69) is 268 Å². The summed E-state index contributed by atoms with van der Waals surface area (Å²) in [6, 6.07) is 86.9. The molecule has 0 bridgehead atoms. The van der Waals surface area contributed by atoms with Crippen LogP contribution in [0, 0.1) is 0 Å². The predicted octanol–water partition coefficient (Wildman–Crippen LogP) is 17.2. The Hall–Kier alpha value is -8.20. The fourth-order valence-corrected chi connectivity index (χ4v) is 13.1. The maximum Gasteiger partial charge on any atom is 0.0713 e. The van der Waals surface area contributed by atoms with Gasteiger partial charge in [0.05, 0.1) is 16.4 Å². The summed E-state index contributed by atoms with van der Waals surface area (Å²) < 4.78 is 2.46. The summed E-state index contributed by atoms with van der Waals surface area (Å²) in [5.41, 5.74) is 24.7. The lowest BCUT2D eigenvalue weighted by Crippen LogP contribution is -2.28. The van der Waals surface area contributed by atoms with Crippen molar-refractivity contribution >= 4 is 38.9 Å². The Bertz CT molecular complexity index is 3860. The SMILES string of the molecule is CC1(C)c2ccccc2-c2cc(N(c3ccc4c(c3)C(C)(C)c3ccccc3-4)c3ccc4c(c3)c3cc(C5(c6ccccc6)c6ccccc6-c6ccccc65)ccc3n4-c3ccccc3)ccc21. The highest BCUT2D eigenvalue weighted by molar-refractivity contribution is 6.11. The lowest BCUT2D eigenvalue weighted by molar-refractivity contribution is 0.660. The second kappa shape index (κ2) is 14.4. The summed E-state index contributed by atoms with van der Waals surface area (Å²) >= 11 is 0. The Morgan fingerprint density at radius 2 is 0.739 bits per heavy atom. The van der Waals surface area contributed by atoms with Crippen LogP contribution in [0.2, 0.25) is 0 Å². The molecule has 0 fully saturated rings. The lowest BCUT2D eigenvalue weighted by atomic mass is 9.67. The number of aromatic nitrogens is 1. The summed E-state index contributed by atoms with van der Waals surface area (Å²) in [5.74, 6) is 0. The molecule has 69 heavy (non-hydrogen) atoms. The molecule has 2 nitrogen and oxygen atoms in total. The maximum atomic E-state index is 2.51. The van der Waals surface area contributed by atoms with E-state index in [9.17, 15) is 0 Å². The van der Waals surface area contributed by atoms with Gasteiger partial charge in [0, 0.05) is 44.4 Å². The molecule has 10 aromatic carbocycles. The summed E-state index contributed by atoms with van der Waals surface area (Å²) in [5, 5.41) is 2.43. The number of hydrogen-bond donors (Lipinski definition) is 0. The summed E-state index contributed by atoms with van der Waals surface area (Å²) in [4.78, 5) is 2.51. The smallest absolute Gasteiger partial charge is 0.0713 e. The van der Waals surface area contributed by atoms with Crippen LogP contribution in [-0.2, 0) is 16.2 Å². The zero-order chi connectivity index (χ0) is 46.2. The van der Waals surface area contributed by atoms with E-state index in [1.165, 1.54) is 99.7 Å². The minimum atomic E-state index is -0.517. The third-order valence-corrected chi connectivity index (χ3v) is 16.3. The average Bonchev–Trinajstić information content (AvgIpc) is 4.04. The third kappa shape index (κ3) is 5.43. The molecule has 328 valence electrons. The molecule has 14 rings (SSSR count). The standard InChI is InChI=1S/C67H50N2/c1-65(2)58-28-16-12-26-52(58)54-40-46(33-36-59(54)65)68(48-32-35-53-49-23-11-15-27-57(49)66(3,4)62(53)42-48)47-34-38-64-56(41-47)55-39-44(31-37-63(55)69(64)45-21-9-6-10-22-45)67(43-19-7-5-8-20-43)60-29-17-13-24-50(60)51-25-14-18-30-61(51)67/h5-42H,1-4H3. The van der Waals surface area contributed by atoms with Crippen molar-refractivity contribution in [3.05, 3.63) is 275 Å². The molecule has 0 radical (unpaired) electrons. The topological polar surface area (TPSA) is 8.17 Å². The first-order chi connectivity index (χ1) is 33.7. The van der Waals surface area contributed by atoms with Gasteiger partial charge >= 0.3 is 0 Å². The lowest BCUT2D eigenvalue weighted by Gasteiger charge is -2.34. The Balaban J connectivity index is 1.04. The average molecular weight is 883 g/mol. The van der Waals surface area contributed by atoms with Crippen molar-refractivity contribution in [3.63, 3.8) is 0 Å². The first-order valence-electron chi connectivity index (χ1n) is 24.4. The van der Waals surface area contributed by atoms with Gasteiger partial charge in [-0.3, -0.25) is 0 Å². The van der Waals surface area contributed by atoms with Crippen LogP contribution in [0.25, 0.3) is 60.9 Å². The van der Waals surface area contributed by atoms with Crippen LogP contribution in [-0.4, -0.2) is 4.57 Å². The van der Waals surface area contributed by atoms with Gasteiger partial charge in [-0.25, -0.2) is 0 Å². The van der Waals surface area contributed by atoms with E-state index in [1.54, 1.807) is 0 Å². The number of anilines is 3. The Labute approximate surface area is 404 Å². The predicted molar refractivity (Wildman–Crippen MR) is 288 cm³/mol. The van der Waals surface area contributed by atoms with Crippen molar-refractivity contribution < 1.29 is 0 Å². The van der Waals surface area contributed by atoms with Crippen molar-refractivity contribution in [1.82, 2.24) is 4.57 Å². The van der Waals surface area contributed by atoms with Gasteiger partial charge in [0.1, 0.15) is 0 Å². The molecule has 2 heteroatoms. The number of benzene rings is 10. The number of para-hydroxylation sites is 1. The van der Waals surface area contributed by atoms with Crippen LogP contribution in [0.5, 0.6) is 0 Å². The zero-order valence-corrected chi connectivity index (χ0v) is 39.3. The molecule has 1 aromatic heterocycles. The summed E-state index contributed by atoms with van der Waals surface area (Å²) in [6.07, 6.45) is 0. The van der Waals surface area contributed by atoms with Gasteiger partial charge in [-0.2, -0.15) is 0 Å². The van der Waals surface area contributed by atoms with E-state index < -0.39 is 5.41 Å². The second-order valence-corrected chi connectivity index (χ2v) is 20.4. The molecule has 3 aliphatic rings. The Kier molecular flexibility index (Phi) is 8.33. The van der Waals surface area contributed by atoms with E-state index in [4.69, 9.17) is 0 Å². The minimum absolute atomic E-state index is 0.0913. The number of rotatable bonds is 6. The summed E-state index contributed by atoms with van der Waals surface area (Å²) in [7, 11) is 0. The first kappa shape index (κ1) is 39.9. The van der Waals surface area contributed by atoms with Gasteiger partial charge < -0.3 is 9.47 Å². The van der Waals surface area contributed by atoms with Gasteiger partial charge in [0.2, 0.25) is 0 Å². The third-order valence-electron chi connectivity index (χ3n) is 16.3. The molecule has 1 heterocycles. The highest BCUT2D eigenvalue weighted by atomic mass is 15.1. The van der Waals surface area contributed by atoms with Crippen molar-refractivity contribution in [2.24, 2.45) is 0 Å². The largest absolute Gasteiger partial charge is 0.310 e. The molecular formula is C67H50N2. The molecule has 11 aromatic rings. The molecule has 0 atom stereocenters. The fourth-order valence-electron chi connectivity index (χ4n) is 13.1. The number of hydrogen-bond acceptors (Lipinski definition) is 1. The fraction of sp³-hybridized carbons (Fsp3) is 0.104. The zero-order valence-electron chi connectivity index (χ0n) is 39.3. The highest BCUT2D eigenvalue weighted by Crippen LogP contribution is 2.58. The van der Waals surface area contributed by atoms with Crippen LogP contribution in [0.3, 0.4) is 0 Å². The molecule has 0 amide bonds. The van der Waals surface area contributed by atoms with Crippen LogP contribution in [0.15, 0.2) is 231 Å². The first-order valence-corrected chi connectivity index (χ1v) is 24.4.